The highest BCUT2D eigenvalue weighted by Gasteiger charge is 2.29. The Hall–Kier alpha value is -1.88. The summed E-state index contributed by atoms with van der Waals surface area (Å²) < 4.78 is 10.2. The minimum atomic E-state index is -0.702. The summed E-state index contributed by atoms with van der Waals surface area (Å²) in [6.45, 7) is 7.05. The molecule has 0 radical (unpaired) electrons. The van der Waals surface area contributed by atoms with Crippen LogP contribution in [0.4, 0.5) is 0 Å². The molecule has 5 heteroatoms. The second-order valence-corrected chi connectivity index (χ2v) is 7.24. The molecular formula is C19H27NO4. The lowest BCUT2D eigenvalue weighted by molar-refractivity contribution is -0.146. The summed E-state index contributed by atoms with van der Waals surface area (Å²) in [6, 6.07) is 7.41. The molecule has 0 aliphatic carbocycles. The summed E-state index contributed by atoms with van der Waals surface area (Å²) in [4.78, 5) is 24.2. The van der Waals surface area contributed by atoms with E-state index in [4.69, 9.17) is 9.47 Å². The highest BCUT2D eigenvalue weighted by molar-refractivity contribution is 5.87. The van der Waals surface area contributed by atoms with Crippen molar-refractivity contribution in [3.63, 3.8) is 0 Å². The van der Waals surface area contributed by atoms with Gasteiger partial charge < -0.3 is 14.8 Å². The van der Waals surface area contributed by atoms with E-state index in [0.717, 1.165) is 12.0 Å². The Labute approximate surface area is 143 Å². The van der Waals surface area contributed by atoms with Crippen molar-refractivity contribution in [2.24, 2.45) is 0 Å². The smallest absolute Gasteiger partial charge is 0.328 e. The Balaban J connectivity index is 2.05. The number of ether oxygens (including phenoxy) is 2. The van der Waals surface area contributed by atoms with Crippen LogP contribution in [0.3, 0.4) is 0 Å². The van der Waals surface area contributed by atoms with Crippen LogP contribution < -0.4 is 5.32 Å². The molecular weight excluding hydrogens is 306 g/mol. The number of methoxy groups -OCH3 is 1. The highest BCUT2D eigenvalue weighted by atomic mass is 16.5. The Bertz CT molecular complexity index is 568. The van der Waals surface area contributed by atoms with E-state index < -0.39 is 18.1 Å². The van der Waals surface area contributed by atoms with Crippen molar-refractivity contribution in [1.29, 1.82) is 0 Å². The molecule has 1 fully saturated rings. The molecule has 1 heterocycles. The molecule has 1 aliphatic rings. The van der Waals surface area contributed by atoms with Gasteiger partial charge in [0.05, 0.1) is 7.11 Å². The third-order valence-corrected chi connectivity index (χ3v) is 4.28. The van der Waals surface area contributed by atoms with Gasteiger partial charge in [-0.3, -0.25) is 4.79 Å². The molecule has 1 saturated heterocycles. The summed E-state index contributed by atoms with van der Waals surface area (Å²) in [5, 5.41) is 2.76. The van der Waals surface area contributed by atoms with Gasteiger partial charge in [0.1, 0.15) is 12.1 Å². The summed E-state index contributed by atoms with van der Waals surface area (Å²) in [6.07, 6.45) is 1.51. The first-order valence-electron chi connectivity index (χ1n) is 8.40. The Morgan fingerprint density at radius 3 is 2.46 bits per heavy atom. The minimum Gasteiger partial charge on any atom is -0.467 e. The van der Waals surface area contributed by atoms with Crippen molar-refractivity contribution < 1.29 is 19.1 Å². The van der Waals surface area contributed by atoms with E-state index in [1.54, 1.807) is 0 Å². The van der Waals surface area contributed by atoms with Crippen molar-refractivity contribution in [1.82, 2.24) is 5.32 Å². The second-order valence-electron chi connectivity index (χ2n) is 7.24. The first kappa shape index (κ1) is 18.5. The van der Waals surface area contributed by atoms with Gasteiger partial charge in [0.15, 0.2) is 0 Å². The van der Waals surface area contributed by atoms with E-state index in [-0.39, 0.29) is 11.3 Å². The van der Waals surface area contributed by atoms with Crippen LogP contribution in [0.2, 0.25) is 0 Å². The lowest BCUT2D eigenvalue weighted by atomic mass is 9.86. The molecule has 2 atom stereocenters. The summed E-state index contributed by atoms with van der Waals surface area (Å²) in [7, 11) is 1.33. The van der Waals surface area contributed by atoms with Crippen LogP contribution in [0.5, 0.6) is 0 Å². The van der Waals surface area contributed by atoms with Gasteiger partial charge in [-0.25, -0.2) is 4.79 Å². The van der Waals surface area contributed by atoms with E-state index in [1.165, 1.54) is 12.7 Å². The normalized spacial score (nSPS) is 18.9. The predicted molar refractivity (Wildman–Crippen MR) is 91.8 cm³/mol. The maximum Gasteiger partial charge on any atom is 0.328 e. The zero-order chi connectivity index (χ0) is 17.7. The second kappa shape index (κ2) is 7.79. The number of esters is 1. The molecule has 1 aromatic carbocycles. The summed E-state index contributed by atoms with van der Waals surface area (Å²) in [5.41, 5.74) is 2.28. The van der Waals surface area contributed by atoms with Gasteiger partial charge >= 0.3 is 5.97 Å². The third-order valence-electron chi connectivity index (χ3n) is 4.28. The molecule has 132 valence electrons. The number of carbonyl (C=O) groups is 2. The molecule has 0 saturated carbocycles. The van der Waals surface area contributed by atoms with E-state index in [0.29, 0.717) is 19.4 Å². The molecule has 1 amide bonds. The fourth-order valence-corrected chi connectivity index (χ4v) is 2.76. The fraction of sp³-hybridized carbons (Fsp3) is 0.579. The molecule has 0 spiro atoms. The van der Waals surface area contributed by atoms with Crippen LogP contribution in [-0.4, -0.2) is 37.7 Å². The maximum atomic E-state index is 12.2. The molecule has 2 rings (SSSR count). The minimum absolute atomic E-state index is 0.0777. The lowest BCUT2D eigenvalue weighted by Crippen LogP contribution is -2.47. The lowest BCUT2D eigenvalue weighted by Gasteiger charge is -2.21. The molecule has 1 aromatic rings. The van der Waals surface area contributed by atoms with Gasteiger partial charge in [0.2, 0.25) is 5.91 Å². The molecule has 24 heavy (non-hydrogen) atoms. The van der Waals surface area contributed by atoms with Gasteiger partial charge in [-0.15, -0.1) is 0 Å². The molecule has 5 nitrogen and oxygen atoms in total. The Kier molecular flexibility index (Phi) is 5.99. The molecule has 0 bridgehead atoms. The standard InChI is InChI=1S/C19H27NO4/c1-19(2,3)14-9-7-13(8-10-14)12-15(18(22)23-4)20-17(21)16-6-5-11-24-16/h7-10,15-16H,5-6,11-12H2,1-4H3,(H,20,21)/t15-,16-/m0/s1. The van der Waals surface area contributed by atoms with Crippen molar-refractivity contribution >= 4 is 11.9 Å². The number of carbonyl (C=O) groups excluding carboxylic acids is 2. The van der Waals surface area contributed by atoms with E-state index in [1.807, 2.05) is 12.1 Å². The maximum absolute atomic E-state index is 12.2. The van der Waals surface area contributed by atoms with Gasteiger partial charge in [-0.1, -0.05) is 45.0 Å². The monoisotopic (exact) mass is 333 g/mol. The number of hydrogen-bond acceptors (Lipinski definition) is 4. The fourth-order valence-electron chi connectivity index (χ4n) is 2.76. The van der Waals surface area contributed by atoms with Gasteiger partial charge in [-0.05, 0) is 29.4 Å². The van der Waals surface area contributed by atoms with Gasteiger partial charge in [0.25, 0.3) is 0 Å². The quantitative estimate of drug-likeness (QED) is 0.840. The molecule has 1 aliphatic heterocycles. The summed E-state index contributed by atoms with van der Waals surface area (Å²) in [5.74, 6) is -0.685. The SMILES string of the molecule is COC(=O)[C@H](Cc1ccc(C(C)(C)C)cc1)NC(=O)[C@@H]1CCCO1. The first-order valence-corrected chi connectivity index (χ1v) is 8.40. The highest BCUT2D eigenvalue weighted by Crippen LogP contribution is 2.22. The van der Waals surface area contributed by atoms with Crippen molar-refractivity contribution in [3.8, 4) is 0 Å². The van der Waals surface area contributed by atoms with Crippen molar-refractivity contribution in [3.05, 3.63) is 35.4 Å². The number of rotatable bonds is 5. The summed E-state index contributed by atoms with van der Waals surface area (Å²) >= 11 is 0. The van der Waals surface area contributed by atoms with Crippen molar-refractivity contribution in [2.45, 2.75) is 57.6 Å². The number of nitrogens with one attached hydrogen (secondary N) is 1. The van der Waals surface area contributed by atoms with Crippen LogP contribution in [-0.2, 0) is 30.9 Å². The first-order chi connectivity index (χ1) is 11.3. The average molecular weight is 333 g/mol. The van der Waals surface area contributed by atoms with E-state index in [2.05, 4.69) is 38.2 Å². The van der Waals surface area contributed by atoms with Gasteiger partial charge in [0, 0.05) is 13.0 Å². The average Bonchev–Trinajstić information content (AvgIpc) is 3.07. The number of hydrogen-bond donors (Lipinski definition) is 1. The van der Waals surface area contributed by atoms with Crippen LogP contribution in [0.1, 0.15) is 44.7 Å². The van der Waals surface area contributed by atoms with Crippen LogP contribution in [0.15, 0.2) is 24.3 Å². The predicted octanol–water partition coefficient (Wildman–Crippen LogP) is 2.36. The van der Waals surface area contributed by atoms with Crippen molar-refractivity contribution in [2.75, 3.05) is 13.7 Å². The van der Waals surface area contributed by atoms with Crippen LogP contribution in [0, 0.1) is 0 Å². The van der Waals surface area contributed by atoms with E-state index in [9.17, 15) is 9.59 Å². The largest absolute Gasteiger partial charge is 0.467 e. The van der Waals surface area contributed by atoms with Crippen LogP contribution in [0.25, 0.3) is 0 Å². The number of amides is 1. The van der Waals surface area contributed by atoms with Crippen LogP contribution >= 0.6 is 0 Å². The number of benzene rings is 1. The molecule has 0 aromatic heterocycles. The Morgan fingerprint density at radius 1 is 1.29 bits per heavy atom. The zero-order valence-electron chi connectivity index (χ0n) is 14.9. The molecule has 0 unspecified atom stereocenters. The molecule has 1 N–H and O–H groups in total. The third kappa shape index (κ3) is 4.81. The zero-order valence-corrected chi connectivity index (χ0v) is 14.9. The topological polar surface area (TPSA) is 64.6 Å². The van der Waals surface area contributed by atoms with E-state index >= 15 is 0 Å². The Morgan fingerprint density at radius 2 is 1.96 bits per heavy atom. The van der Waals surface area contributed by atoms with Gasteiger partial charge in [-0.2, -0.15) is 0 Å².